The number of fused-ring (bicyclic) bond motifs is 1. The Bertz CT molecular complexity index is 1070. The Morgan fingerprint density at radius 2 is 1.78 bits per heavy atom. The van der Waals surface area contributed by atoms with Crippen molar-refractivity contribution in [2.24, 2.45) is 16.8 Å². The van der Waals surface area contributed by atoms with Gasteiger partial charge in [-0.25, -0.2) is 9.80 Å². The van der Waals surface area contributed by atoms with E-state index in [1.807, 2.05) is 29.2 Å². The number of hydrazone groups is 1. The SMILES string of the molecule is Cc1ccc2c(c1)N(c1ccc(NCCCN)cc1)C(=O)N(C1CCOCC1)N=C2C1CCCCC1. The maximum absolute atomic E-state index is 14.3. The molecular formula is C29H39N5O2. The lowest BCUT2D eigenvalue weighted by Crippen LogP contribution is -2.45. The summed E-state index contributed by atoms with van der Waals surface area (Å²) >= 11 is 0. The van der Waals surface area contributed by atoms with Crippen LogP contribution < -0.4 is 16.0 Å². The van der Waals surface area contributed by atoms with E-state index in [0.29, 0.717) is 25.7 Å². The predicted octanol–water partition coefficient (Wildman–Crippen LogP) is 5.79. The number of urea groups is 1. The van der Waals surface area contributed by atoms with E-state index in [1.165, 1.54) is 19.3 Å². The van der Waals surface area contributed by atoms with E-state index in [4.69, 9.17) is 15.6 Å². The minimum atomic E-state index is -0.0802. The molecule has 192 valence electrons. The molecule has 2 aromatic rings. The Kier molecular flexibility index (Phi) is 7.87. The molecule has 3 N–H and O–H groups in total. The number of hydrogen-bond acceptors (Lipinski definition) is 5. The van der Waals surface area contributed by atoms with Gasteiger partial charge in [0.05, 0.1) is 23.1 Å². The highest BCUT2D eigenvalue weighted by atomic mass is 16.5. The second-order valence-electron chi connectivity index (χ2n) is 10.3. The molecule has 0 atom stereocenters. The second-order valence-corrected chi connectivity index (χ2v) is 10.3. The summed E-state index contributed by atoms with van der Waals surface area (Å²) in [5.74, 6) is 0.379. The molecule has 1 saturated heterocycles. The maximum atomic E-state index is 14.3. The zero-order chi connectivity index (χ0) is 24.9. The maximum Gasteiger partial charge on any atom is 0.349 e. The molecule has 3 aliphatic rings. The van der Waals surface area contributed by atoms with Gasteiger partial charge in [0.2, 0.25) is 0 Å². The van der Waals surface area contributed by atoms with E-state index in [1.54, 1.807) is 5.01 Å². The number of carbonyl (C=O) groups is 1. The third-order valence-corrected chi connectivity index (χ3v) is 7.64. The number of nitrogens with two attached hydrogens (primary N) is 1. The van der Waals surface area contributed by atoms with E-state index in [0.717, 1.165) is 72.5 Å². The summed E-state index contributed by atoms with van der Waals surface area (Å²) in [7, 11) is 0. The van der Waals surface area contributed by atoms with Crippen LogP contribution in [-0.4, -0.2) is 49.1 Å². The monoisotopic (exact) mass is 489 g/mol. The second kappa shape index (κ2) is 11.4. The molecule has 0 spiro atoms. The number of rotatable bonds is 7. The van der Waals surface area contributed by atoms with Crippen LogP contribution in [0.4, 0.5) is 21.9 Å². The van der Waals surface area contributed by atoms with Gasteiger partial charge < -0.3 is 15.8 Å². The van der Waals surface area contributed by atoms with Crippen LogP contribution in [0.5, 0.6) is 0 Å². The molecule has 7 nitrogen and oxygen atoms in total. The summed E-state index contributed by atoms with van der Waals surface area (Å²) < 4.78 is 5.63. The molecule has 1 aliphatic carbocycles. The van der Waals surface area contributed by atoms with Gasteiger partial charge in [-0.1, -0.05) is 31.4 Å². The quantitative estimate of drug-likeness (QED) is 0.482. The molecule has 2 heterocycles. The number of amides is 2. The highest BCUT2D eigenvalue weighted by Crippen LogP contribution is 2.39. The van der Waals surface area contributed by atoms with Crippen molar-refractivity contribution in [2.45, 2.75) is 64.3 Å². The first-order valence-electron chi connectivity index (χ1n) is 13.6. The Labute approximate surface area is 214 Å². The molecule has 7 heteroatoms. The van der Waals surface area contributed by atoms with Crippen molar-refractivity contribution in [3.8, 4) is 0 Å². The van der Waals surface area contributed by atoms with Crippen LogP contribution in [-0.2, 0) is 4.74 Å². The largest absolute Gasteiger partial charge is 0.385 e. The molecular weight excluding hydrogens is 450 g/mol. The predicted molar refractivity (Wildman–Crippen MR) is 146 cm³/mol. The molecule has 1 saturated carbocycles. The summed E-state index contributed by atoms with van der Waals surface area (Å²) in [5.41, 5.74) is 11.7. The van der Waals surface area contributed by atoms with E-state index < -0.39 is 0 Å². The fourth-order valence-corrected chi connectivity index (χ4v) is 5.62. The number of hydrogen-bond donors (Lipinski definition) is 2. The van der Waals surface area contributed by atoms with Crippen LogP contribution >= 0.6 is 0 Å². The molecule has 36 heavy (non-hydrogen) atoms. The average Bonchev–Trinajstić information content (AvgIpc) is 3.04. The molecule has 0 unspecified atom stereocenters. The Morgan fingerprint density at radius 3 is 2.50 bits per heavy atom. The zero-order valence-electron chi connectivity index (χ0n) is 21.4. The van der Waals surface area contributed by atoms with Crippen LogP contribution in [0.15, 0.2) is 47.6 Å². The van der Waals surface area contributed by atoms with Gasteiger partial charge in [0.25, 0.3) is 0 Å². The fourth-order valence-electron chi connectivity index (χ4n) is 5.62. The standard InChI is InChI=1S/C29H39N5O2/c1-21-8-13-26-27(20-21)33(24-11-9-23(10-12-24)31-17-5-16-30)29(35)34(25-14-18-36-19-15-25)32-28(26)22-6-3-2-4-7-22/h8-13,20,22,25,31H,2-7,14-19,30H2,1H3. The van der Waals surface area contributed by atoms with Crippen molar-refractivity contribution in [1.82, 2.24) is 5.01 Å². The van der Waals surface area contributed by atoms with E-state index >= 15 is 0 Å². The first-order valence-corrected chi connectivity index (χ1v) is 13.6. The van der Waals surface area contributed by atoms with Gasteiger partial charge in [-0.2, -0.15) is 5.10 Å². The van der Waals surface area contributed by atoms with E-state index in [2.05, 4.69) is 30.4 Å². The van der Waals surface area contributed by atoms with Crippen molar-refractivity contribution in [3.63, 3.8) is 0 Å². The molecule has 2 aliphatic heterocycles. The lowest BCUT2D eigenvalue weighted by atomic mass is 9.82. The van der Waals surface area contributed by atoms with Crippen LogP contribution in [0.25, 0.3) is 0 Å². The van der Waals surface area contributed by atoms with E-state index in [9.17, 15) is 4.79 Å². The van der Waals surface area contributed by atoms with Crippen molar-refractivity contribution in [3.05, 3.63) is 53.6 Å². The van der Waals surface area contributed by atoms with Gasteiger partial charge in [0.1, 0.15) is 0 Å². The Balaban J connectivity index is 1.58. The number of carbonyl (C=O) groups excluding carboxylic acids is 1. The van der Waals surface area contributed by atoms with Crippen LogP contribution in [0.3, 0.4) is 0 Å². The van der Waals surface area contributed by atoms with Gasteiger partial charge in [0.15, 0.2) is 0 Å². The number of ether oxygens (including phenoxy) is 1. The van der Waals surface area contributed by atoms with Crippen LogP contribution in [0.1, 0.15) is 62.5 Å². The molecule has 2 fully saturated rings. The van der Waals surface area contributed by atoms with Crippen LogP contribution in [0, 0.1) is 12.8 Å². The number of aryl methyl sites for hydroxylation is 1. The molecule has 2 aromatic carbocycles. The summed E-state index contributed by atoms with van der Waals surface area (Å²) in [6.07, 6.45) is 8.51. The minimum absolute atomic E-state index is 0.0416. The minimum Gasteiger partial charge on any atom is -0.385 e. The van der Waals surface area contributed by atoms with Crippen LogP contribution in [0.2, 0.25) is 0 Å². The summed E-state index contributed by atoms with van der Waals surface area (Å²) in [4.78, 5) is 16.2. The number of benzene rings is 2. The third kappa shape index (κ3) is 5.27. The fraction of sp³-hybridized carbons (Fsp3) is 0.517. The normalized spacial score (nSPS) is 19.6. The third-order valence-electron chi connectivity index (χ3n) is 7.64. The summed E-state index contributed by atoms with van der Waals surface area (Å²) in [6, 6.07) is 14.6. The van der Waals surface area contributed by atoms with Gasteiger partial charge in [-0.15, -0.1) is 0 Å². The van der Waals surface area contributed by atoms with Gasteiger partial charge in [-0.05, 0) is 81.5 Å². The molecule has 5 rings (SSSR count). The summed E-state index contributed by atoms with van der Waals surface area (Å²) in [6.45, 7) is 4.91. The molecule has 0 radical (unpaired) electrons. The van der Waals surface area contributed by atoms with Crippen molar-refractivity contribution < 1.29 is 9.53 Å². The number of nitrogens with one attached hydrogen (secondary N) is 1. The Morgan fingerprint density at radius 1 is 1.03 bits per heavy atom. The van der Waals surface area contributed by atoms with Crippen molar-refractivity contribution >= 4 is 28.8 Å². The zero-order valence-corrected chi connectivity index (χ0v) is 21.4. The van der Waals surface area contributed by atoms with Gasteiger partial charge in [0, 0.05) is 36.9 Å². The highest BCUT2D eigenvalue weighted by Gasteiger charge is 2.37. The topological polar surface area (TPSA) is 83.2 Å². The first-order chi connectivity index (χ1) is 17.7. The summed E-state index contributed by atoms with van der Waals surface area (Å²) in [5, 5.41) is 10.4. The molecule has 2 amide bonds. The highest BCUT2D eigenvalue weighted by molar-refractivity contribution is 6.14. The van der Waals surface area contributed by atoms with Gasteiger partial charge >= 0.3 is 6.03 Å². The lowest BCUT2D eigenvalue weighted by Gasteiger charge is -2.33. The first kappa shape index (κ1) is 24.8. The van der Waals surface area contributed by atoms with E-state index in [-0.39, 0.29) is 12.1 Å². The Hall–Kier alpha value is -2.90. The number of nitrogens with zero attached hydrogens (tertiary/aromatic N) is 3. The van der Waals surface area contributed by atoms with Gasteiger partial charge in [-0.3, -0.25) is 4.90 Å². The molecule has 0 bridgehead atoms. The van der Waals surface area contributed by atoms with Crippen molar-refractivity contribution in [2.75, 3.05) is 36.5 Å². The lowest BCUT2D eigenvalue weighted by molar-refractivity contribution is 0.0480. The number of anilines is 3. The molecule has 0 aromatic heterocycles. The van der Waals surface area contributed by atoms with Crippen molar-refractivity contribution in [1.29, 1.82) is 0 Å². The average molecular weight is 490 g/mol. The smallest absolute Gasteiger partial charge is 0.349 e.